The zero-order valence-corrected chi connectivity index (χ0v) is 14.6. The topological polar surface area (TPSA) is 0 Å². The van der Waals surface area contributed by atoms with Crippen LogP contribution in [0.15, 0.2) is 30.3 Å². The number of fused-ring (bicyclic) bond motifs is 1. The van der Waals surface area contributed by atoms with Gasteiger partial charge in [0.05, 0.1) is 0 Å². The van der Waals surface area contributed by atoms with Gasteiger partial charge >= 0.3 is 0 Å². The molecule has 0 heterocycles. The van der Waals surface area contributed by atoms with Crippen molar-refractivity contribution in [2.45, 2.75) is 26.7 Å². The predicted octanol–water partition coefficient (Wildman–Crippen LogP) is 4.89. The van der Waals surface area contributed by atoms with Gasteiger partial charge in [0.2, 0.25) is 0 Å². The summed E-state index contributed by atoms with van der Waals surface area (Å²) in [6.07, 6.45) is 0. The smallest absolute Gasteiger partial charge is 0 e. The Bertz CT molecular complexity index is 424. The predicted molar refractivity (Wildman–Crippen MR) is 71.2 cm³/mol. The average Bonchev–Trinajstić information content (AvgIpc) is 2.43. The van der Waals surface area contributed by atoms with E-state index in [1.807, 2.05) is 0 Å². The number of hydrogen-bond acceptors (Lipinski definition) is 0. The Kier molecular flexibility index (Phi) is 8.03. The van der Waals surface area contributed by atoms with E-state index in [2.05, 4.69) is 51.1 Å². The van der Waals surface area contributed by atoms with Gasteiger partial charge in [0.15, 0.2) is 0 Å². The van der Waals surface area contributed by atoms with Gasteiger partial charge in [0.1, 0.15) is 0 Å². The molecule has 2 aromatic rings. The van der Waals surface area contributed by atoms with Crippen LogP contribution in [0.2, 0.25) is 0 Å². The standard InChI is InChI=1S/C13H15.2CH3.Hf/c1-9(2)12-6-4-5-11-7-10(3)8-13(11)12;;;/h4-9H,1-3H3;2*1H3;/q3*-1;. The number of rotatable bonds is 1. The maximum atomic E-state index is 2.28. The van der Waals surface area contributed by atoms with Crippen molar-refractivity contribution < 1.29 is 25.8 Å². The Hall–Kier alpha value is -0.300. The van der Waals surface area contributed by atoms with E-state index < -0.39 is 0 Å². The molecule has 2 aromatic carbocycles. The molecule has 0 N–H and O–H groups in total. The van der Waals surface area contributed by atoms with Crippen LogP contribution in [-0.2, 0) is 25.8 Å². The summed E-state index contributed by atoms with van der Waals surface area (Å²) >= 11 is 0. The Balaban J connectivity index is 0. The molecule has 88 valence electrons. The van der Waals surface area contributed by atoms with Crippen molar-refractivity contribution in [3.63, 3.8) is 0 Å². The van der Waals surface area contributed by atoms with Crippen LogP contribution in [0.1, 0.15) is 30.9 Å². The Morgan fingerprint density at radius 3 is 2.31 bits per heavy atom. The first-order valence-corrected chi connectivity index (χ1v) is 4.84. The third-order valence-electron chi connectivity index (χ3n) is 2.55. The van der Waals surface area contributed by atoms with E-state index in [4.69, 9.17) is 0 Å². The fourth-order valence-corrected chi connectivity index (χ4v) is 1.91. The minimum absolute atomic E-state index is 0. The molecule has 0 aliphatic heterocycles. The van der Waals surface area contributed by atoms with E-state index in [0.29, 0.717) is 5.92 Å². The van der Waals surface area contributed by atoms with Crippen LogP contribution < -0.4 is 0 Å². The molecule has 0 atom stereocenters. The Morgan fingerprint density at radius 1 is 1.12 bits per heavy atom. The zero-order chi connectivity index (χ0) is 9.42. The van der Waals surface area contributed by atoms with Gasteiger partial charge in [0.25, 0.3) is 0 Å². The van der Waals surface area contributed by atoms with Gasteiger partial charge in [-0.2, -0.15) is 6.07 Å². The molecule has 0 saturated heterocycles. The van der Waals surface area contributed by atoms with Crippen molar-refractivity contribution in [3.05, 3.63) is 56.3 Å². The van der Waals surface area contributed by atoms with E-state index in [1.54, 1.807) is 0 Å². The van der Waals surface area contributed by atoms with Crippen molar-refractivity contribution >= 4 is 10.8 Å². The Morgan fingerprint density at radius 2 is 1.75 bits per heavy atom. The van der Waals surface area contributed by atoms with Crippen LogP contribution in [0.3, 0.4) is 0 Å². The summed E-state index contributed by atoms with van der Waals surface area (Å²) in [6.45, 7) is 6.65. The molecule has 0 radical (unpaired) electrons. The average molecular weight is 380 g/mol. The summed E-state index contributed by atoms with van der Waals surface area (Å²) in [4.78, 5) is 0. The first kappa shape index (κ1) is 18.1. The van der Waals surface area contributed by atoms with Crippen molar-refractivity contribution in [3.8, 4) is 0 Å². The van der Waals surface area contributed by atoms with Crippen LogP contribution in [0.25, 0.3) is 10.8 Å². The molecule has 0 nitrogen and oxygen atoms in total. The number of aryl methyl sites for hydroxylation is 1. The van der Waals surface area contributed by atoms with Gasteiger partial charge in [-0.05, 0) is 5.92 Å². The summed E-state index contributed by atoms with van der Waals surface area (Å²) in [5.41, 5.74) is 2.83. The van der Waals surface area contributed by atoms with Crippen molar-refractivity contribution in [1.82, 2.24) is 0 Å². The van der Waals surface area contributed by atoms with Gasteiger partial charge in [0, 0.05) is 25.8 Å². The monoisotopic (exact) mass is 381 g/mol. The second-order valence-electron chi connectivity index (χ2n) is 4.04. The van der Waals surface area contributed by atoms with Gasteiger partial charge in [-0.15, -0.1) is 34.5 Å². The molecule has 0 saturated carbocycles. The van der Waals surface area contributed by atoms with E-state index in [9.17, 15) is 0 Å². The maximum absolute atomic E-state index is 2.28. The SMILES string of the molecule is Cc1cc2c(C(C)C)cccc2[cH-]1.[CH3-].[CH3-].[Hf]. The Labute approximate surface area is 119 Å². The van der Waals surface area contributed by atoms with Crippen LogP contribution in [0.5, 0.6) is 0 Å². The van der Waals surface area contributed by atoms with Gasteiger partial charge in [-0.25, -0.2) is 0 Å². The quantitative estimate of drug-likeness (QED) is 0.489. The first-order valence-electron chi connectivity index (χ1n) is 4.84. The van der Waals surface area contributed by atoms with Crippen molar-refractivity contribution in [2.75, 3.05) is 0 Å². The molecule has 0 aliphatic rings. The maximum Gasteiger partial charge on any atom is 0 e. The fraction of sp³-hybridized carbons (Fsp3) is 0.267. The molecule has 0 unspecified atom stereocenters. The number of benzene rings is 1. The normalized spacial score (nSPS) is 9.25. The fourth-order valence-electron chi connectivity index (χ4n) is 1.91. The molecule has 0 amide bonds. The van der Waals surface area contributed by atoms with E-state index in [-0.39, 0.29) is 40.7 Å². The molecule has 0 fully saturated rings. The summed E-state index contributed by atoms with van der Waals surface area (Å²) < 4.78 is 0. The second kappa shape index (κ2) is 7.11. The van der Waals surface area contributed by atoms with Crippen molar-refractivity contribution in [2.24, 2.45) is 0 Å². The summed E-state index contributed by atoms with van der Waals surface area (Å²) in [5.74, 6) is 0.616. The molecular weight excluding hydrogens is 359 g/mol. The molecule has 0 aliphatic carbocycles. The minimum atomic E-state index is 0. The molecule has 2 rings (SSSR count). The van der Waals surface area contributed by atoms with E-state index in [0.717, 1.165) is 0 Å². The van der Waals surface area contributed by atoms with Crippen LogP contribution in [0.4, 0.5) is 0 Å². The van der Waals surface area contributed by atoms with E-state index >= 15 is 0 Å². The minimum Gasteiger partial charge on any atom is -0.358 e. The summed E-state index contributed by atoms with van der Waals surface area (Å²) in [7, 11) is 0. The first-order chi connectivity index (χ1) is 6.18. The van der Waals surface area contributed by atoms with Gasteiger partial charge in [-0.1, -0.05) is 32.4 Å². The van der Waals surface area contributed by atoms with E-state index in [1.165, 1.54) is 21.9 Å². The third-order valence-corrected chi connectivity index (χ3v) is 2.55. The molecule has 16 heavy (non-hydrogen) atoms. The molecule has 1 heteroatoms. The zero-order valence-electron chi connectivity index (χ0n) is 11.0. The van der Waals surface area contributed by atoms with Crippen molar-refractivity contribution in [1.29, 1.82) is 0 Å². The largest absolute Gasteiger partial charge is 0.358 e. The van der Waals surface area contributed by atoms with Gasteiger partial charge < -0.3 is 14.9 Å². The molecule has 0 aromatic heterocycles. The van der Waals surface area contributed by atoms with Crippen LogP contribution >= 0.6 is 0 Å². The molecule has 0 bridgehead atoms. The number of hydrogen-bond donors (Lipinski definition) is 0. The summed E-state index contributed by atoms with van der Waals surface area (Å²) in [5, 5.41) is 2.80. The van der Waals surface area contributed by atoms with Crippen LogP contribution in [-0.4, -0.2) is 0 Å². The second-order valence-corrected chi connectivity index (χ2v) is 4.04. The van der Waals surface area contributed by atoms with Gasteiger partial charge in [-0.3, -0.25) is 0 Å². The third kappa shape index (κ3) is 3.35. The van der Waals surface area contributed by atoms with Crippen LogP contribution in [0, 0.1) is 21.8 Å². The molecular formula is C15H21Hf-3. The summed E-state index contributed by atoms with van der Waals surface area (Å²) in [6, 6.07) is 11.1. The molecule has 0 spiro atoms.